The van der Waals surface area contributed by atoms with Crippen LogP contribution in [0.25, 0.3) is 0 Å². The first kappa shape index (κ1) is 7.64. The Bertz CT molecular complexity index is 127. The Labute approximate surface area is 63.5 Å². The van der Waals surface area contributed by atoms with Crippen molar-refractivity contribution in [2.75, 3.05) is 7.05 Å². The number of nitrogens with one attached hydrogen (secondary N) is 1. The lowest BCUT2D eigenvalue weighted by atomic mass is 10.0. The fraction of sp³-hybridized carbons (Fsp3) is 0.778. The smallest absolute Gasteiger partial charge is 0.00636 e. The van der Waals surface area contributed by atoms with E-state index in [1.165, 1.54) is 31.4 Å². The van der Waals surface area contributed by atoms with Gasteiger partial charge >= 0.3 is 0 Å². The van der Waals surface area contributed by atoms with Gasteiger partial charge in [-0.2, -0.15) is 0 Å². The third-order valence-electron chi connectivity index (χ3n) is 2.28. The van der Waals surface area contributed by atoms with Crippen molar-refractivity contribution >= 4 is 0 Å². The molecule has 0 aromatic rings. The predicted octanol–water partition coefficient (Wildman–Crippen LogP) is 2.30. The second-order valence-corrected chi connectivity index (χ2v) is 3.20. The minimum absolute atomic E-state index is 0.919. The van der Waals surface area contributed by atoms with Crippen molar-refractivity contribution in [2.24, 2.45) is 5.92 Å². The highest BCUT2D eigenvalue weighted by molar-refractivity contribution is 5.00. The summed E-state index contributed by atoms with van der Waals surface area (Å²) in [6.07, 6.45) is 7.57. The summed E-state index contributed by atoms with van der Waals surface area (Å²) in [5.74, 6) is 0.919. The van der Waals surface area contributed by atoms with Crippen LogP contribution >= 0.6 is 0 Å². The molecule has 58 valence electrons. The lowest BCUT2D eigenvalue weighted by Crippen LogP contribution is -2.05. The number of hydrogen-bond acceptors (Lipinski definition) is 1. The van der Waals surface area contributed by atoms with Gasteiger partial charge in [0.05, 0.1) is 0 Å². The maximum atomic E-state index is 3.23. The Balaban J connectivity index is 2.40. The normalized spacial score (nSPS) is 27.0. The molecule has 1 aliphatic carbocycles. The van der Waals surface area contributed by atoms with Crippen LogP contribution in [0.1, 0.15) is 32.6 Å². The summed E-state index contributed by atoms with van der Waals surface area (Å²) in [4.78, 5) is 0. The van der Waals surface area contributed by atoms with Gasteiger partial charge in [0.2, 0.25) is 0 Å². The van der Waals surface area contributed by atoms with Gasteiger partial charge < -0.3 is 5.32 Å². The monoisotopic (exact) mass is 139 g/mol. The van der Waals surface area contributed by atoms with Crippen LogP contribution in [-0.4, -0.2) is 7.05 Å². The third-order valence-corrected chi connectivity index (χ3v) is 2.28. The fourth-order valence-electron chi connectivity index (χ4n) is 1.42. The molecule has 1 rings (SSSR count). The van der Waals surface area contributed by atoms with Crippen LogP contribution in [0.4, 0.5) is 0 Å². The van der Waals surface area contributed by atoms with Crippen molar-refractivity contribution in [2.45, 2.75) is 32.6 Å². The molecule has 1 nitrogen and oxygen atoms in total. The predicted molar refractivity (Wildman–Crippen MR) is 44.8 cm³/mol. The molecular weight excluding hydrogens is 122 g/mol. The first-order valence-corrected chi connectivity index (χ1v) is 4.19. The van der Waals surface area contributed by atoms with Gasteiger partial charge in [-0.15, -0.1) is 0 Å². The third kappa shape index (κ3) is 2.05. The summed E-state index contributed by atoms with van der Waals surface area (Å²) >= 11 is 0. The minimum atomic E-state index is 0.919. The number of rotatable bonds is 1. The first-order valence-electron chi connectivity index (χ1n) is 4.19. The number of hydrogen-bond donors (Lipinski definition) is 1. The Hall–Kier alpha value is -0.460. The Morgan fingerprint density at radius 2 is 2.30 bits per heavy atom. The van der Waals surface area contributed by atoms with Gasteiger partial charge in [-0.1, -0.05) is 13.0 Å². The second kappa shape index (κ2) is 3.65. The molecule has 0 heterocycles. The van der Waals surface area contributed by atoms with E-state index in [9.17, 15) is 0 Å². The highest BCUT2D eigenvalue weighted by Gasteiger charge is 2.06. The largest absolute Gasteiger partial charge is 0.392 e. The van der Waals surface area contributed by atoms with Gasteiger partial charge in [0.15, 0.2) is 0 Å². The zero-order valence-electron chi connectivity index (χ0n) is 6.98. The van der Waals surface area contributed by atoms with Crippen LogP contribution in [0.5, 0.6) is 0 Å². The van der Waals surface area contributed by atoms with Crippen LogP contribution < -0.4 is 5.32 Å². The molecule has 10 heavy (non-hydrogen) atoms. The van der Waals surface area contributed by atoms with Crippen molar-refractivity contribution in [1.29, 1.82) is 0 Å². The van der Waals surface area contributed by atoms with Gasteiger partial charge in [0.1, 0.15) is 0 Å². The van der Waals surface area contributed by atoms with E-state index in [2.05, 4.69) is 18.3 Å². The highest BCUT2D eigenvalue weighted by atomic mass is 14.8. The van der Waals surface area contributed by atoms with Crippen LogP contribution in [0.2, 0.25) is 0 Å². The lowest BCUT2D eigenvalue weighted by Gasteiger charge is -2.06. The molecule has 1 aliphatic rings. The van der Waals surface area contributed by atoms with Crippen LogP contribution in [0.3, 0.4) is 0 Å². The molecule has 0 aromatic carbocycles. The molecule has 0 radical (unpaired) electrons. The van der Waals surface area contributed by atoms with E-state index in [0.29, 0.717) is 0 Å². The molecule has 0 aliphatic heterocycles. The van der Waals surface area contributed by atoms with Crippen molar-refractivity contribution in [1.82, 2.24) is 5.32 Å². The van der Waals surface area contributed by atoms with Crippen LogP contribution in [0.15, 0.2) is 11.8 Å². The highest BCUT2D eigenvalue weighted by Crippen LogP contribution is 2.20. The van der Waals surface area contributed by atoms with E-state index in [1.54, 1.807) is 0 Å². The Kier molecular flexibility index (Phi) is 2.79. The van der Waals surface area contributed by atoms with E-state index in [0.717, 1.165) is 5.92 Å². The van der Waals surface area contributed by atoms with E-state index >= 15 is 0 Å². The van der Waals surface area contributed by atoms with E-state index in [-0.39, 0.29) is 0 Å². The average Bonchev–Trinajstić information content (AvgIpc) is 2.14. The molecule has 0 spiro atoms. The molecule has 0 aromatic heterocycles. The molecule has 0 amide bonds. The number of allylic oxidation sites excluding steroid dienone is 2. The summed E-state index contributed by atoms with van der Waals surface area (Å²) in [5.41, 5.74) is 1.43. The summed E-state index contributed by atoms with van der Waals surface area (Å²) in [6, 6.07) is 0. The molecular formula is C9H17N. The summed E-state index contributed by atoms with van der Waals surface area (Å²) < 4.78 is 0. The molecule has 1 heteroatoms. The quantitative estimate of drug-likeness (QED) is 0.587. The lowest BCUT2D eigenvalue weighted by molar-refractivity contribution is 0.507. The van der Waals surface area contributed by atoms with Gasteiger partial charge in [0.25, 0.3) is 0 Å². The molecule has 1 N–H and O–H groups in total. The Morgan fingerprint density at radius 3 is 3.00 bits per heavy atom. The SMILES string of the molecule is CNC1=CCCC(C)CC1. The molecule has 1 unspecified atom stereocenters. The van der Waals surface area contributed by atoms with Gasteiger partial charge in [-0.3, -0.25) is 0 Å². The van der Waals surface area contributed by atoms with Crippen molar-refractivity contribution < 1.29 is 0 Å². The summed E-state index contributed by atoms with van der Waals surface area (Å²) in [6.45, 7) is 2.34. The van der Waals surface area contributed by atoms with Crippen molar-refractivity contribution in [3.63, 3.8) is 0 Å². The van der Waals surface area contributed by atoms with Crippen molar-refractivity contribution in [3.05, 3.63) is 11.8 Å². The minimum Gasteiger partial charge on any atom is -0.392 e. The maximum absolute atomic E-state index is 3.23. The maximum Gasteiger partial charge on any atom is 0.00636 e. The van der Waals surface area contributed by atoms with Gasteiger partial charge in [0, 0.05) is 12.7 Å². The fourth-order valence-corrected chi connectivity index (χ4v) is 1.42. The van der Waals surface area contributed by atoms with Gasteiger partial charge in [-0.05, 0) is 31.6 Å². The van der Waals surface area contributed by atoms with E-state index in [1.807, 2.05) is 7.05 Å². The standard InChI is InChI=1S/C9H17N/c1-8-4-3-5-9(10-2)7-6-8/h5,8,10H,3-4,6-7H2,1-2H3. The van der Waals surface area contributed by atoms with Crippen molar-refractivity contribution in [3.8, 4) is 0 Å². The molecule has 0 saturated heterocycles. The zero-order chi connectivity index (χ0) is 7.40. The first-order chi connectivity index (χ1) is 4.83. The second-order valence-electron chi connectivity index (χ2n) is 3.20. The van der Waals surface area contributed by atoms with Crippen LogP contribution in [-0.2, 0) is 0 Å². The summed E-state index contributed by atoms with van der Waals surface area (Å²) in [7, 11) is 2.02. The molecule has 0 fully saturated rings. The average molecular weight is 139 g/mol. The van der Waals surface area contributed by atoms with E-state index in [4.69, 9.17) is 0 Å². The Morgan fingerprint density at radius 1 is 1.50 bits per heavy atom. The molecule has 0 bridgehead atoms. The zero-order valence-corrected chi connectivity index (χ0v) is 6.98. The molecule has 0 saturated carbocycles. The van der Waals surface area contributed by atoms with Crippen LogP contribution in [0, 0.1) is 5.92 Å². The summed E-state index contributed by atoms with van der Waals surface area (Å²) in [5, 5.41) is 3.23. The van der Waals surface area contributed by atoms with Gasteiger partial charge in [-0.25, -0.2) is 0 Å². The molecule has 1 atom stereocenters. The topological polar surface area (TPSA) is 12.0 Å². The van der Waals surface area contributed by atoms with E-state index < -0.39 is 0 Å².